The van der Waals surface area contributed by atoms with E-state index in [9.17, 15) is 9.59 Å². The molecule has 1 aromatic carbocycles. The van der Waals surface area contributed by atoms with E-state index in [1.807, 2.05) is 57.2 Å². The van der Waals surface area contributed by atoms with Gasteiger partial charge in [-0.2, -0.15) is 0 Å². The number of hydrogen-bond acceptors (Lipinski definition) is 4. The molecule has 1 aromatic rings. The van der Waals surface area contributed by atoms with Crippen molar-refractivity contribution in [2.45, 2.75) is 40.2 Å². The van der Waals surface area contributed by atoms with Gasteiger partial charge in [0.15, 0.2) is 0 Å². The standard InChI is InChI=1S/C18H22O4/c1-12(19)21-16-11-14(16)15(22-17(20)18(2,3)4)10-13-8-6-5-7-9-13/h5-10,14,16H,11H2,1-4H3/b15-10+/t14-,16-/m0/s1. The molecule has 1 aliphatic carbocycles. The van der Waals surface area contributed by atoms with Gasteiger partial charge in [-0.3, -0.25) is 9.59 Å². The third-order valence-corrected chi connectivity index (χ3v) is 3.35. The molecular weight excluding hydrogens is 280 g/mol. The first-order chi connectivity index (χ1) is 10.3. The molecule has 118 valence electrons. The van der Waals surface area contributed by atoms with Crippen LogP contribution in [0.15, 0.2) is 36.1 Å². The summed E-state index contributed by atoms with van der Waals surface area (Å²) in [5.74, 6) is -0.0790. The summed E-state index contributed by atoms with van der Waals surface area (Å²) in [6.45, 7) is 6.82. The van der Waals surface area contributed by atoms with Gasteiger partial charge in [0.25, 0.3) is 0 Å². The second kappa shape index (κ2) is 6.34. The molecule has 0 spiro atoms. The molecule has 0 saturated heterocycles. The number of benzene rings is 1. The van der Waals surface area contributed by atoms with Crippen LogP contribution in [0.4, 0.5) is 0 Å². The fourth-order valence-electron chi connectivity index (χ4n) is 2.00. The maximum atomic E-state index is 12.2. The van der Waals surface area contributed by atoms with Crippen LogP contribution in [0.2, 0.25) is 0 Å². The highest BCUT2D eigenvalue weighted by molar-refractivity contribution is 5.77. The third-order valence-electron chi connectivity index (χ3n) is 3.35. The fraction of sp³-hybridized carbons (Fsp3) is 0.444. The molecule has 0 bridgehead atoms. The maximum absolute atomic E-state index is 12.2. The van der Waals surface area contributed by atoms with Crippen LogP contribution in [0.25, 0.3) is 6.08 Å². The predicted molar refractivity (Wildman–Crippen MR) is 83.6 cm³/mol. The monoisotopic (exact) mass is 302 g/mol. The topological polar surface area (TPSA) is 52.6 Å². The summed E-state index contributed by atoms with van der Waals surface area (Å²) in [6.07, 6.45) is 2.34. The Morgan fingerprint density at radius 3 is 2.36 bits per heavy atom. The second-order valence-corrected chi connectivity index (χ2v) is 6.59. The molecule has 1 saturated carbocycles. The molecule has 0 radical (unpaired) electrons. The van der Waals surface area contributed by atoms with E-state index in [4.69, 9.17) is 9.47 Å². The van der Waals surface area contributed by atoms with Crippen LogP contribution in [0, 0.1) is 11.3 Å². The molecule has 0 unspecified atom stereocenters. The molecule has 0 aliphatic heterocycles. The van der Waals surface area contributed by atoms with Crippen LogP contribution in [0.1, 0.15) is 39.7 Å². The van der Waals surface area contributed by atoms with E-state index >= 15 is 0 Å². The molecule has 0 amide bonds. The Morgan fingerprint density at radius 1 is 1.18 bits per heavy atom. The van der Waals surface area contributed by atoms with Crippen molar-refractivity contribution in [3.63, 3.8) is 0 Å². The molecule has 0 aromatic heterocycles. The number of carbonyl (C=O) groups excluding carboxylic acids is 2. The van der Waals surface area contributed by atoms with E-state index in [0.717, 1.165) is 5.56 Å². The van der Waals surface area contributed by atoms with Crippen molar-refractivity contribution < 1.29 is 19.1 Å². The molecule has 4 heteroatoms. The van der Waals surface area contributed by atoms with Crippen molar-refractivity contribution in [2.75, 3.05) is 0 Å². The zero-order chi connectivity index (χ0) is 16.3. The van der Waals surface area contributed by atoms with Crippen molar-refractivity contribution in [3.05, 3.63) is 41.7 Å². The van der Waals surface area contributed by atoms with E-state index in [2.05, 4.69) is 0 Å². The molecule has 4 nitrogen and oxygen atoms in total. The summed E-state index contributed by atoms with van der Waals surface area (Å²) in [5, 5.41) is 0. The zero-order valence-corrected chi connectivity index (χ0v) is 13.5. The number of carbonyl (C=O) groups is 2. The van der Waals surface area contributed by atoms with Gasteiger partial charge in [0, 0.05) is 6.92 Å². The number of ether oxygens (including phenoxy) is 2. The minimum Gasteiger partial charge on any atom is -0.462 e. The largest absolute Gasteiger partial charge is 0.462 e. The van der Waals surface area contributed by atoms with E-state index in [0.29, 0.717) is 12.2 Å². The smallest absolute Gasteiger partial charge is 0.316 e. The van der Waals surface area contributed by atoms with E-state index in [1.54, 1.807) is 0 Å². The lowest BCUT2D eigenvalue weighted by molar-refractivity contribution is -0.149. The van der Waals surface area contributed by atoms with Gasteiger partial charge < -0.3 is 9.47 Å². The number of hydrogen-bond donors (Lipinski definition) is 0. The van der Waals surface area contributed by atoms with Crippen LogP contribution in [0.3, 0.4) is 0 Å². The molecule has 2 rings (SSSR count). The Balaban J connectivity index is 2.17. The molecule has 1 fully saturated rings. The van der Waals surface area contributed by atoms with Gasteiger partial charge >= 0.3 is 11.9 Å². The van der Waals surface area contributed by atoms with Crippen LogP contribution < -0.4 is 0 Å². The molecule has 0 heterocycles. The molecule has 22 heavy (non-hydrogen) atoms. The van der Waals surface area contributed by atoms with Crippen molar-refractivity contribution >= 4 is 18.0 Å². The fourth-order valence-corrected chi connectivity index (χ4v) is 2.00. The van der Waals surface area contributed by atoms with Gasteiger partial charge in [0.05, 0.1) is 11.3 Å². The summed E-state index contributed by atoms with van der Waals surface area (Å²) in [4.78, 5) is 23.2. The van der Waals surface area contributed by atoms with Gasteiger partial charge in [0.1, 0.15) is 11.9 Å². The minimum atomic E-state index is -0.582. The summed E-state index contributed by atoms with van der Waals surface area (Å²) >= 11 is 0. The Kier molecular flexibility index (Phi) is 4.69. The van der Waals surface area contributed by atoms with Crippen molar-refractivity contribution in [2.24, 2.45) is 11.3 Å². The minimum absolute atomic E-state index is 0.0459. The SMILES string of the molecule is CC(=O)O[C@H]1C[C@H]1/C(=C\c1ccccc1)OC(=O)C(C)(C)C. The normalized spacial score (nSPS) is 21.2. The van der Waals surface area contributed by atoms with E-state index < -0.39 is 5.41 Å². The van der Waals surface area contributed by atoms with Gasteiger partial charge in [-0.15, -0.1) is 0 Å². The molecule has 1 aliphatic rings. The first-order valence-corrected chi connectivity index (χ1v) is 7.43. The van der Waals surface area contributed by atoms with Crippen molar-refractivity contribution in [3.8, 4) is 0 Å². The van der Waals surface area contributed by atoms with Crippen LogP contribution in [-0.2, 0) is 19.1 Å². The summed E-state index contributed by atoms with van der Waals surface area (Å²) in [6, 6.07) is 9.65. The zero-order valence-electron chi connectivity index (χ0n) is 13.5. The van der Waals surface area contributed by atoms with Crippen LogP contribution >= 0.6 is 0 Å². The highest BCUT2D eigenvalue weighted by atomic mass is 16.6. The lowest BCUT2D eigenvalue weighted by atomic mass is 9.97. The average Bonchev–Trinajstić information content (AvgIpc) is 3.16. The first kappa shape index (κ1) is 16.3. The first-order valence-electron chi connectivity index (χ1n) is 7.43. The lowest BCUT2D eigenvalue weighted by Gasteiger charge is -2.18. The molecule has 0 N–H and O–H groups in total. The van der Waals surface area contributed by atoms with Gasteiger partial charge in [-0.05, 0) is 38.8 Å². The third kappa shape index (κ3) is 4.45. The van der Waals surface area contributed by atoms with Crippen molar-refractivity contribution in [1.82, 2.24) is 0 Å². The van der Waals surface area contributed by atoms with Crippen LogP contribution in [-0.4, -0.2) is 18.0 Å². The van der Waals surface area contributed by atoms with Crippen LogP contribution in [0.5, 0.6) is 0 Å². The second-order valence-electron chi connectivity index (χ2n) is 6.59. The Hall–Kier alpha value is -2.10. The maximum Gasteiger partial charge on any atom is 0.316 e. The van der Waals surface area contributed by atoms with E-state index in [1.165, 1.54) is 6.92 Å². The Labute approximate surface area is 131 Å². The number of esters is 2. The highest BCUT2D eigenvalue weighted by Crippen LogP contribution is 2.42. The summed E-state index contributed by atoms with van der Waals surface area (Å²) in [7, 11) is 0. The predicted octanol–water partition coefficient (Wildman–Crippen LogP) is 3.57. The quantitative estimate of drug-likeness (QED) is 0.630. The van der Waals surface area contributed by atoms with E-state index in [-0.39, 0.29) is 24.0 Å². The highest BCUT2D eigenvalue weighted by Gasteiger charge is 2.45. The molecular formula is C18H22O4. The number of rotatable bonds is 4. The summed E-state index contributed by atoms with van der Waals surface area (Å²) < 4.78 is 10.8. The van der Waals surface area contributed by atoms with Gasteiger partial charge in [-0.25, -0.2) is 0 Å². The van der Waals surface area contributed by atoms with Gasteiger partial charge in [0.2, 0.25) is 0 Å². The average molecular weight is 302 g/mol. The summed E-state index contributed by atoms with van der Waals surface area (Å²) in [5.41, 5.74) is 0.370. The Bertz CT molecular complexity index is 581. The molecule has 2 atom stereocenters. The van der Waals surface area contributed by atoms with Gasteiger partial charge in [-0.1, -0.05) is 30.3 Å². The Morgan fingerprint density at radius 2 is 1.82 bits per heavy atom. The lowest BCUT2D eigenvalue weighted by Crippen LogP contribution is -2.23. The van der Waals surface area contributed by atoms with Crippen molar-refractivity contribution in [1.29, 1.82) is 0 Å².